The highest BCUT2D eigenvalue weighted by Crippen LogP contribution is 2.57. The fraction of sp³-hybridized carbons (Fsp3) is 0.824. The number of hydrogen-bond acceptors (Lipinski definition) is 5. The van der Waals surface area contributed by atoms with Gasteiger partial charge in [-0.3, -0.25) is 9.89 Å². The van der Waals surface area contributed by atoms with E-state index >= 15 is 0 Å². The number of nitrogens with one attached hydrogen (secondary N) is 2. The van der Waals surface area contributed by atoms with Crippen molar-refractivity contribution in [1.82, 2.24) is 20.5 Å². The highest BCUT2D eigenvalue weighted by molar-refractivity contribution is 5.77. The molecule has 1 aromatic heterocycles. The first-order valence-corrected chi connectivity index (χ1v) is 8.82. The number of H-pyrrole nitrogens is 1. The third kappa shape index (κ3) is 3.95. The van der Waals surface area contributed by atoms with Gasteiger partial charge in [0.15, 0.2) is 5.82 Å². The number of aromatic nitrogens is 3. The zero-order valence-electron chi connectivity index (χ0n) is 14.7. The van der Waals surface area contributed by atoms with Crippen LogP contribution in [0.3, 0.4) is 0 Å². The lowest BCUT2D eigenvalue weighted by Crippen LogP contribution is -2.56. The second-order valence-electron chi connectivity index (χ2n) is 7.32. The lowest BCUT2D eigenvalue weighted by Gasteiger charge is -2.56. The molecule has 2 aliphatic rings. The van der Waals surface area contributed by atoms with E-state index in [-0.39, 0.29) is 11.5 Å². The maximum atomic E-state index is 12.2. The molecule has 2 fully saturated rings. The molecule has 24 heavy (non-hydrogen) atoms. The van der Waals surface area contributed by atoms with Crippen molar-refractivity contribution in [3.05, 3.63) is 11.6 Å². The van der Waals surface area contributed by atoms with Crippen molar-refractivity contribution in [2.75, 3.05) is 26.9 Å². The number of ether oxygens (including phenoxy) is 2. The van der Waals surface area contributed by atoms with Crippen molar-refractivity contribution in [2.24, 2.45) is 5.41 Å². The number of aromatic amines is 1. The first-order chi connectivity index (χ1) is 11.5. The predicted octanol–water partition coefficient (Wildman–Crippen LogP) is 1.53. The molecule has 1 saturated heterocycles. The first-order valence-electron chi connectivity index (χ1n) is 8.82. The molecule has 7 heteroatoms. The first kappa shape index (κ1) is 17.4. The molecule has 7 nitrogen and oxygen atoms in total. The zero-order chi connectivity index (χ0) is 17.0. The SMILES string of the molecule is COC1(CC(=O)NCCCc2n[nH]c(C)n2)CC2(CCOCC2)C1. The van der Waals surface area contributed by atoms with Crippen LogP contribution in [0.15, 0.2) is 0 Å². The van der Waals surface area contributed by atoms with E-state index in [1.165, 1.54) is 0 Å². The lowest BCUT2D eigenvalue weighted by atomic mass is 9.54. The van der Waals surface area contributed by atoms with Gasteiger partial charge in [-0.25, -0.2) is 4.98 Å². The van der Waals surface area contributed by atoms with Crippen LogP contribution in [0.25, 0.3) is 0 Å². The lowest BCUT2D eigenvalue weighted by molar-refractivity contribution is -0.185. The molecule has 0 aromatic carbocycles. The second kappa shape index (κ2) is 7.19. The van der Waals surface area contributed by atoms with Crippen molar-refractivity contribution in [3.63, 3.8) is 0 Å². The third-order valence-corrected chi connectivity index (χ3v) is 5.41. The maximum Gasteiger partial charge on any atom is 0.222 e. The van der Waals surface area contributed by atoms with Crippen molar-refractivity contribution >= 4 is 5.91 Å². The van der Waals surface area contributed by atoms with Gasteiger partial charge in [-0.1, -0.05) is 0 Å². The number of aryl methyl sites for hydroxylation is 2. The van der Waals surface area contributed by atoms with Crippen LogP contribution in [0.4, 0.5) is 0 Å². The maximum absolute atomic E-state index is 12.2. The molecule has 0 radical (unpaired) electrons. The van der Waals surface area contributed by atoms with Gasteiger partial charge in [0.1, 0.15) is 5.82 Å². The van der Waals surface area contributed by atoms with Gasteiger partial charge in [-0.2, -0.15) is 5.10 Å². The van der Waals surface area contributed by atoms with E-state index in [9.17, 15) is 4.79 Å². The third-order valence-electron chi connectivity index (χ3n) is 5.41. The summed E-state index contributed by atoms with van der Waals surface area (Å²) in [5, 5.41) is 9.92. The van der Waals surface area contributed by atoms with Crippen molar-refractivity contribution in [3.8, 4) is 0 Å². The summed E-state index contributed by atoms with van der Waals surface area (Å²) < 4.78 is 11.2. The van der Waals surface area contributed by atoms with Crippen LogP contribution in [-0.2, 0) is 20.7 Å². The number of carbonyl (C=O) groups is 1. The van der Waals surface area contributed by atoms with Gasteiger partial charge < -0.3 is 14.8 Å². The molecule has 0 atom stereocenters. The number of amides is 1. The summed E-state index contributed by atoms with van der Waals surface area (Å²) in [7, 11) is 1.73. The smallest absolute Gasteiger partial charge is 0.222 e. The monoisotopic (exact) mass is 336 g/mol. The molecule has 2 N–H and O–H groups in total. The summed E-state index contributed by atoms with van der Waals surface area (Å²) in [5.41, 5.74) is 0.0697. The van der Waals surface area contributed by atoms with Gasteiger partial charge in [0.2, 0.25) is 5.91 Å². The Morgan fingerprint density at radius 3 is 2.75 bits per heavy atom. The second-order valence-corrected chi connectivity index (χ2v) is 7.32. The van der Waals surface area contributed by atoms with E-state index in [1.807, 2.05) is 6.92 Å². The fourth-order valence-electron chi connectivity index (χ4n) is 4.14. The molecule has 0 unspecified atom stereocenters. The Bertz CT molecular complexity index is 558. The normalized spacial score (nSPS) is 21.4. The van der Waals surface area contributed by atoms with Gasteiger partial charge in [-0.05, 0) is 44.4 Å². The Hall–Kier alpha value is -1.47. The van der Waals surface area contributed by atoms with E-state index < -0.39 is 0 Å². The average molecular weight is 336 g/mol. The quantitative estimate of drug-likeness (QED) is 0.737. The fourth-order valence-corrected chi connectivity index (χ4v) is 4.14. The summed E-state index contributed by atoms with van der Waals surface area (Å²) in [6, 6.07) is 0. The Balaban J connectivity index is 1.37. The van der Waals surface area contributed by atoms with E-state index in [0.717, 1.165) is 63.4 Å². The van der Waals surface area contributed by atoms with E-state index in [0.29, 0.717) is 18.4 Å². The Morgan fingerprint density at radius 1 is 1.38 bits per heavy atom. The number of carbonyl (C=O) groups excluding carboxylic acids is 1. The minimum atomic E-state index is -0.276. The van der Waals surface area contributed by atoms with Gasteiger partial charge >= 0.3 is 0 Å². The molecule has 1 aromatic rings. The van der Waals surface area contributed by atoms with Crippen LogP contribution in [-0.4, -0.2) is 53.6 Å². The van der Waals surface area contributed by atoms with Crippen LogP contribution in [0.1, 0.15) is 50.2 Å². The summed E-state index contributed by atoms with van der Waals surface area (Å²) in [4.78, 5) is 16.5. The largest absolute Gasteiger partial charge is 0.381 e. The molecule has 3 rings (SSSR count). The molecule has 0 bridgehead atoms. The molecule has 134 valence electrons. The topological polar surface area (TPSA) is 89.1 Å². The van der Waals surface area contributed by atoms with Gasteiger partial charge in [-0.15, -0.1) is 0 Å². The Labute approximate surface area is 142 Å². The highest BCUT2D eigenvalue weighted by atomic mass is 16.5. The van der Waals surface area contributed by atoms with E-state index in [4.69, 9.17) is 9.47 Å². The van der Waals surface area contributed by atoms with Crippen LogP contribution in [0.2, 0.25) is 0 Å². The number of hydrogen-bond donors (Lipinski definition) is 2. The molecular weight excluding hydrogens is 308 g/mol. The van der Waals surface area contributed by atoms with E-state index in [2.05, 4.69) is 20.5 Å². The number of nitrogens with zero attached hydrogens (tertiary/aromatic N) is 2. The van der Waals surface area contributed by atoms with E-state index in [1.54, 1.807) is 7.11 Å². The Morgan fingerprint density at radius 2 is 2.12 bits per heavy atom. The molecule has 1 aliphatic carbocycles. The minimum Gasteiger partial charge on any atom is -0.381 e. The summed E-state index contributed by atoms with van der Waals surface area (Å²) in [6.45, 7) is 4.21. The van der Waals surface area contributed by atoms with Gasteiger partial charge in [0.05, 0.1) is 12.0 Å². The van der Waals surface area contributed by atoms with Crippen LogP contribution in [0, 0.1) is 12.3 Å². The van der Waals surface area contributed by atoms with Crippen LogP contribution >= 0.6 is 0 Å². The van der Waals surface area contributed by atoms with Crippen molar-refractivity contribution in [2.45, 2.75) is 57.5 Å². The zero-order valence-corrected chi connectivity index (χ0v) is 14.7. The average Bonchev–Trinajstić information content (AvgIpc) is 2.96. The molecule has 1 aliphatic heterocycles. The van der Waals surface area contributed by atoms with Gasteiger partial charge in [0.25, 0.3) is 0 Å². The number of rotatable bonds is 7. The standard InChI is InChI=1S/C17H28N4O3/c1-13-19-14(21-20-13)4-3-7-18-15(22)10-17(23-2)11-16(12-17)5-8-24-9-6-16/h3-12H2,1-2H3,(H,18,22)(H,19,20,21). The molecular formula is C17H28N4O3. The van der Waals surface area contributed by atoms with Gasteiger partial charge in [0, 0.05) is 33.3 Å². The highest BCUT2D eigenvalue weighted by Gasteiger charge is 2.55. The summed E-state index contributed by atoms with van der Waals surface area (Å²) in [6.07, 6.45) is 6.19. The minimum absolute atomic E-state index is 0.0740. The van der Waals surface area contributed by atoms with Crippen LogP contribution < -0.4 is 5.32 Å². The molecule has 1 spiro atoms. The molecule has 1 saturated carbocycles. The number of methoxy groups -OCH3 is 1. The summed E-state index contributed by atoms with van der Waals surface area (Å²) >= 11 is 0. The molecule has 1 amide bonds. The van der Waals surface area contributed by atoms with Crippen molar-refractivity contribution in [1.29, 1.82) is 0 Å². The van der Waals surface area contributed by atoms with Crippen LogP contribution in [0.5, 0.6) is 0 Å². The van der Waals surface area contributed by atoms with Crippen molar-refractivity contribution < 1.29 is 14.3 Å². The molecule has 2 heterocycles. The summed E-state index contributed by atoms with van der Waals surface area (Å²) in [5.74, 6) is 1.70. The predicted molar refractivity (Wildman–Crippen MR) is 88.5 cm³/mol. The Kier molecular flexibility index (Phi) is 5.20.